The average molecular weight is 256 g/mol. The Morgan fingerprint density at radius 3 is 2.61 bits per heavy atom. The third-order valence-electron chi connectivity index (χ3n) is 3.86. The van der Waals surface area contributed by atoms with E-state index in [1.54, 1.807) is 0 Å². The van der Waals surface area contributed by atoms with Gasteiger partial charge in [0.25, 0.3) is 0 Å². The SMILES string of the molecule is CCNC1COCC1C(=O)NC1(C(=O)O)CCC1. The van der Waals surface area contributed by atoms with Crippen molar-refractivity contribution in [1.82, 2.24) is 10.6 Å². The highest BCUT2D eigenvalue weighted by Crippen LogP contribution is 2.32. The van der Waals surface area contributed by atoms with Crippen LogP contribution in [0.1, 0.15) is 26.2 Å². The Labute approximate surface area is 106 Å². The summed E-state index contributed by atoms with van der Waals surface area (Å²) >= 11 is 0. The molecule has 2 aliphatic rings. The Morgan fingerprint density at radius 1 is 1.39 bits per heavy atom. The van der Waals surface area contributed by atoms with Gasteiger partial charge in [0, 0.05) is 6.04 Å². The number of carboxylic acid groups (broad SMARTS) is 1. The number of hydrogen-bond donors (Lipinski definition) is 3. The molecule has 0 aromatic heterocycles. The summed E-state index contributed by atoms with van der Waals surface area (Å²) in [5.41, 5.74) is -1.03. The molecule has 6 nitrogen and oxygen atoms in total. The van der Waals surface area contributed by atoms with Crippen molar-refractivity contribution in [3.63, 3.8) is 0 Å². The molecule has 0 aromatic carbocycles. The number of rotatable bonds is 5. The van der Waals surface area contributed by atoms with Crippen LogP contribution in [0.15, 0.2) is 0 Å². The summed E-state index contributed by atoms with van der Waals surface area (Å²) in [5.74, 6) is -1.43. The molecular formula is C12H20N2O4. The Balaban J connectivity index is 1.96. The molecule has 2 fully saturated rings. The van der Waals surface area contributed by atoms with Gasteiger partial charge in [0.15, 0.2) is 0 Å². The van der Waals surface area contributed by atoms with E-state index < -0.39 is 11.5 Å². The molecule has 2 rings (SSSR count). The molecule has 1 saturated heterocycles. The summed E-state index contributed by atoms with van der Waals surface area (Å²) in [6.45, 7) is 3.60. The van der Waals surface area contributed by atoms with Crippen molar-refractivity contribution in [2.75, 3.05) is 19.8 Å². The number of carboxylic acids is 1. The molecule has 1 aliphatic carbocycles. The van der Waals surface area contributed by atoms with Gasteiger partial charge in [-0.05, 0) is 25.8 Å². The maximum Gasteiger partial charge on any atom is 0.329 e. The Bertz CT molecular complexity index is 341. The van der Waals surface area contributed by atoms with Crippen molar-refractivity contribution in [1.29, 1.82) is 0 Å². The van der Waals surface area contributed by atoms with E-state index in [2.05, 4.69) is 10.6 Å². The number of hydrogen-bond acceptors (Lipinski definition) is 4. The van der Waals surface area contributed by atoms with Crippen molar-refractivity contribution < 1.29 is 19.4 Å². The molecule has 3 N–H and O–H groups in total. The van der Waals surface area contributed by atoms with Gasteiger partial charge in [0.05, 0.1) is 19.1 Å². The van der Waals surface area contributed by atoms with Crippen molar-refractivity contribution in [3.05, 3.63) is 0 Å². The van der Waals surface area contributed by atoms with Gasteiger partial charge in [-0.25, -0.2) is 4.79 Å². The second-order valence-electron chi connectivity index (χ2n) is 5.04. The first-order valence-electron chi connectivity index (χ1n) is 6.45. The molecule has 0 radical (unpaired) electrons. The van der Waals surface area contributed by atoms with E-state index in [4.69, 9.17) is 4.74 Å². The summed E-state index contributed by atoms with van der Waals surface area (Å²) in [4.78, 5) is 23.3. The monoisotopic (exact) mass is 256 g/mol. The predicted octanol–water partition coefficient (Wildman–Crippen LogP) is -0.266. The maximum absolute atomic E-state index is 12.1. The van der Waals surface area contributed by atoms with Crippen LogP contribution in [0.25, 0.3) is 0 Å². The lowest BCUT2D eigenvalue weighted by Gasteiger charge is -2.39. The van der Waals surface area contributed by atoms with E-state index in [1.165, 1.54) is 0 Å². The molecule has 0 aromatic rings. The largest absolute Gasteiger partial charge is 0.480 e. The molecular weight excluding hydrogens is 236 g/mol. The number of likely N-dealkylation sites (N-methyl/N-ethyl adjacent to an activating group) is 1. The third kappa shape index (κ3) is 2.35. The standard InChI is InChI=1S/C12H20N2O4/c1-2-13-9-7-18-6-8(9)10(15)14-12(11(16)17)4-3-5-12/h8-9,13H,2-7H2,1H3,(H,14,15)(H,16,17). The summed E-state index contributed by atoms with van der Waals surface area (Å²) in [6, 6.07) is -0.0130. The van der Waals surface area contributed by atoms with Gasteiger partial charge in [-0.3, -0.25) is 4.79 Å². The zero-order valence-corrected chi connectivity index (χ0v) is 10.6. The van der Waals surface area contributed by atoms with E-state index in [0.29, 0.717) is 26.1 Å². The van der Waals surface area contributed by atoms with Crippen LogP contribution in [0.4, 0.5) is 0 Å². The van der Waals surface area contributed by atoms with Crippen LogP contribution < -0.4 is 10.6 Å². The minimum absolute atomic E-state index is 0.0130. The highest BCUT2D eigenvalue weighted by molar-refractivity contribution is 5.89. The van der Waals surface area contributed by atoms with Gasteiger partial charge in [-0.2, -0.15) is 0 Å². The molecule has 18 heavy (non-hydrogen) atoms. The number of nitrogens with one attached hydrogen (secondary N) is 2. The molecule has 102 valence electrons. The van der Waals surface area contributed by atoms with Crippen LogP contribution in [0.2, 0.25) is 0 Å². The van der Waals surface area contributed by atoms with Crippen LogP contribution in [0.5, 0.6) is 0 Å². The van der Waals surface area contributed by atoms with Crippen LogP contribution in [-0.4, -0.2) is 48.3 Å². The molecule has 6 heteroatoms. The number of amides is 1. The number of carbonyl (C=O) groups excluding carboxylic acids is 1. The van der Waals surface area contributed by atoms with E-state index in [0.717, 1.165) is 13.0 Å². The Hall–Kier alpha value is -1.14. The molecule has 2 atom stereocenters. The van der Waals surface area contributed by atoms with E-state index in [-0.39, 0.29) is 17.9 Å². The highest BCUT2D eigenvalue weighted by atomic mass is 16.5. The van der Waals surface area contributed by atoms with Crippen molar-refractivity contribution >= 4 is 11.9 Å². The quantitative estimate of drug-likeness (QED) is 0.630. The Kier molecular flexibility index (Phi) is 3.87. The van der Waals surface area contributed by atoms with Crippen molar-refractivity contribution in [2.24, 2.45) is 5.92 Å². The molecule has 2 unspecified atom stereocenters. The zero-order chi connectivity index (χ0) is 13.2. The number of aliphatic carboxylic acids is 1. The summed E-state index contributed by atoms with van der Waals surface area (Å²) in [5, 5.41) is 15.1. The van der Waals surface area contributed by atoms with Crippen LogP contribution >= 0.6 is 0 Å². The van der Waals surface area contributed by atoms with E-state index in [9.17, 15) is 14.7 Å². The first-order valence-corrected chi connectivity index (χ1v) is 6.45. The molecule has 0 bridgehead atoms. The summed E-state index contributed by atoms with van der Waals surface area (Å²) in [6.07, 6.45) is 1.89. The van der Waals surface area contributed by atoms with E-state index in [1.807, 2.05) is 6.92 Å². The Morgan fingerprint density at radius 2 is 2.11 bits per heavy atom. The molecule has 1 amide bonds. The molecule has 0 spiro atoms. The molecule has 1 heterocycles. The fraction of sp³-hybridized carbons (Fsp3) is 0.833. The third-order valence-corrected chi connectivity index (χ3v) is 3.86. The first kappa shape index (κ1) is 13.3. The van der Waals surface area contributed by atoms with Gasteiger partial charge in [0.1, 0.15) is 5.54 Å². The van der Waals surface area contributed by atoms with E-state index >= 15 is 0 Å². The summed E-state index contributed by atoms with van der Waals surface area (Å²) in [7, 11) is 0. The van der Waals surface area contributed by atoms with Gasteiger partial charge in [0.2, 0.25) is 5.91 Å². The smallest absolute Gasteiger partial charge is 0.329 e. The number of carbonyl (C=O) groups is 2. The molecule has 1 saturated carbocycles. The molecule has 1 aliphatic heterocycles. The minimum atomic E-state index is -1.03. The lowest BCUT2D eigenvalue weighted by Crippen LogP contribution is -2.61. The van der Waals surface area contributed by atoms with Crippen molar-refractivity contribution in [3.8, 4) is 0 Å². The highest BCUT2D eigenvalue weighted by Gasteiger charge is 2.47. The average Bonchev–Trinajstić information content (AvgIpc) is 2.71. The normalized spacial score (nSPS) is 29.6. The van der Waals surface area contributed by atoms with Crippen LogP contribution in [0.3, 0.4) is 0 Å². The predicted molar refractivity (Wildman–Crippen MR) is 64.1 cm³/mol. The fourth-order valence-electron chi connectivity index (χ4n) is 2.53. The summed E-state index contributed by atoms with van der Waals surface area (Å²) < 4.78 is 5.30. The fourth-order valence-corrected chi connectivity index (χ4v) is 2.53. The van der Waals surface area contributed by atoms with Crippen LogP contribution in [0, 0.1) is 5.92 Å². The van der Waals surface area contributed by atoms with Gasteiger partial charge in [-0.1, -0.05) is 6.92 Å². The topological polar surface area (TPSA) is 87.7 Å². The second kappa shape index (κ2) is 5.24. The van der Waals surface area contributed by atoms with Crippen molar-refractivity contribution in [2.45, 2.75) is 37.8 Å². The van der Waals surface area contributed by atoms with Gasteiger partial charge < -0.3 is 20.5 Å². The minimum Gasteiger partial charge on any atom is -0.480 e. The lowest BCUT2D eigenvalue weighted by atomic mass is 9.76. The van der Waals surface area contributed by atoms with Crippen LogP contribution in [-0.2, 0) is 14.3 Å². The zero-order valence-electron chi connectivity index (χ0n) is 10.6. The second-order valence-corrected chi connectivity index (χ2v) is 5.04. The first-order chi connectivity index (χ1) is 8.59. The van der Waals surface area contributed by atoms with Gasteiger partial charge in [-0.15, -0.1) is 0 Å². The van der Waals surface area contributed by atoms with Gasteiger partial charge >= 0.3 is 5.97 Å². The maximum atomic E-state index is 12.1. The lowest BCUT2D eigenvalue weighted by molar-refractivity contribution is -0.152. The number of ether oxygens (including phenoxy) is 1.